The van der Waals surface area contributed by atoms with Crippen molar-refractivity contribution in [3.63, 3.8) is 0 Å². The Kier molecular flexibility index (Phi) is 4.44. The fourth-order valence-corrected chi connectivity index (χ4v) is 4.08. The van der Waals surface area contributed by atoms with Gasteiger partial charge in [-0.2, -0.15) is 5.10 Å². The van der Waals surface area contributed by atoms with Crippen LogP contribution >= 0.6 is 0 Å². The third-order valence-corrected chi connectivity index (χ3v) is 5.30. The van der Waals surface area contributed by atoms with E-state index in [0.717, 1.165) is 38.0 Å². The molecule has 0 bridgehead atoms. The van der Waals surface area contributed by atoms with Crippen molar-refractivity contribution in [2.24, 2.45) is 5.92 Å². The standard InChI is InChI=1S/C19H24N4O2/c24-18-12-14(13-22-9-4-8-20-22)11-16(18)21-19(25)23-10-3-6-15-5-1-2-7-17(15)23/h1-2,4-5,7-9,14,16,18,24H,3,6,10-13H2,(H,21,25)/t14?,16-,18-/m1/s1. The highest BCUT2D eigenvalue weighted by molar-refractivity contribution is 5.93. The van der Waals surface area contributed by atoms with Crippen LogP contribution in [0.4, 0.5) is 10.5 Å². The minimum Gasteiger partial charge on any atom is -0.391 e. The Morgan fingerprint density at radius 2 is 2.16 bits per heavy atom. The highest BCUT2D eigenvalue weighted by Crippen LogP contribution is 2.29. The molecule has 3 atom stereocenters. The molecule has 2 amide bonds. The van der Waals surface area contributed by atoms with Crippen molar-refractivity contribution in [3.05, 3.63) is 48.3 Å². The number of nitrogens with one attached hydrogen (secondary N) is 1. The summed E-state index contributed by atoms with van der Waals surface area (Å²) in [5, 5.41) is 17.7. The molecule has 6 heteroatoms. The summed E-state index contributed by atoms with van der Waals surface area (Å²) in [5.41, 5.74) is 2.21. The molecule has 6 nitrogen and oxygen atoms in total. The molecule has 0 spiro atoms. The number of benzene rings is 1. The maximum absolute atomic E-state index is 12.8. The van der Waals surface area contributed by atoms with Gasteiger partial charge in [-0.1, -0.05) is 18.2 Å². The SMILES string of the molecule is O=C(N[C@@H]1CC(Cn2cccn2)C[C@H]1O)N1CCCc2ccccc21. The van der Waals surface area contributed by atoms with E-state index < -0.39 is 6.10 Å². The Morgan fingerprint density at radius 3 is 3.00 bits per heavy atom. The second-order valence-electron chi connectivity index (χ2n) is 7.07. The maximum atomic E-state index is 12.8. The molecular weight excluding hydrogens is 316 g/mol. The summed E-state index contributed by atoms with van der Waals surface area (Å²) >= 11 is 0. The summed E-state index contributed by atoms with van der Waals surface area (Å²) in [6, 6.07) is 9.67. The van der Waals surface area contributed by atoms with Gasteiger partial charge < -0.3 is 10.4 Å². The minimum absolute atomic E-state index is 0.101. The number of amides is 2. The van der Waals surface area contributed by atoms with E-state index in [0.29, 0.717) is 12.3 Å². The number of anilines is 1. The zero-order valence-electron chi connectivity index (χ0n) is 14.2. The molecule has 1 aliphatic heterocycles. The van der Waals surface area contributed by atoms with Crippen LogP contribution < -0.4 is 10.2 Å². The molecule has 2 aliphatic rings. The zero-order valence-corrected chi connectivity index (χ0v) is 14.2. The summed E-state index contributed by atoms with van der Waals surface area (Å²) < 4.78 is 1.89. The molecule has 1 aliphatic carbocycles. The molecule has 1 aromatic heterocycles. The number of aryl methyl sites for hydroxylation is 1. The minimum atomic E-state index is -0.496. The van der Waals surface area contributed by atoms with Crippen LogP contribution in [0.3, 0.4) is 0 Å². The normalized spacial score (nSPS) is 25.6. The van der Waals surface area contributed by atoms with Gasteiger partial charge in [0.25, 0.3) is 0 Å². The smallest absolute Gasteiger partial charge is 0.322 e. The molecule has 4 rings (SSSR count). The van der Waals surface area contributed by atoms with Crippen molar-refractivity contribution in [2.75, 3.05) is 11.4 Å². The number of carbonyl (C=O) groups excluding carboxylic acids is 1. The number of fused-ring (bicyclic) bond motifs is 1. The monoisotopic (exact) mass is 340 g/mol. The average Bonchev–Trinajstić information content (AvgIpc) is 3.25. The van der Waals surface area contributed by atoms with Crippen LogP contribution in [0.1, 0.15) is 24.8 Å². The van der Waals surface area contributed by atoms with E-state index in [1.807, 2.05) is 40.0 Å². The average molecular weight is 340 g/mol. The van der Waals surface area contributed by atoms with E-state index in [1.54, 1.807) is 6.20 Å². The molecular formula is C19H24N4O2. The Hall–Kier alpha value is -2.34. The van der Waals surface area contributed by atoms with Crippen molar-refractivity contribution in [1.29, 1.82) is 0 Å². The van der Waals surface area contributed by atoms with Crippen LogP contribution in [0.15, 0.2) is 42.7 Å². The van der Waals surface area contributed by atoms with Gasteiger partial charge >= 0.3 is 6.03 Å². The van der Waals surface area contributed by atoms with Gasteiger partial charge in [0.1, 0.15) is 0 Å². The number of para-hydroxylation sites is 1. The summed E-state index contributed by atoms with van der Waals surface area (Å²) in [6.45, 7) is 1.51. The molecule has 132 valence electrons. The van der Waals surface area contributed by atoms with E-state index in [-0.39, 0.29) is 12.1 Å². The third kappa shape index (κ3) is 3.39. The van der Waals surface area contributed by atoms with Gasteiger partial charge in [-0.3, -0.25) is 9.58 Å². The first-order valence-electron chi connectivity index (χ1n) is 9.02. The zero-order chi connectivity index (χ0) is 17.2. The molecule has 2 heterocycles. The highest BCUT2D eigenvalue weighted by atomic mass is 16.3. The first-order valence-corrected chi connectivity index (χ1v) is 9.02. The lowest BCUT2D eigenvalue weighted by Crippen LogP contribution is -2.49. The summed E-state index contributed by atoms with van der Waals surface area (Å²) in [4.78, 5) is 14.6. The first kappa shape index (κ1) is 16.1. The van der Waals surface area contributed by atoms with Crippen LogP contribution in [-0.2, 0) is 13.0 Å². The van der Waals surface area contributed by atoms with E-state index in [2.05, 4.69) is 16.5 Å². The Morgan fingerprint density at radius 1 is 1.28 bits per heavy atom. The summed E-state index contributed by atoms with van der Waals surface area (Å²) in [5.74, 6) is 0.328. The number of urea groups is 1. The molecule has 0 saturated heterocycles. The van der Waals surface area contributed by atoms with Gasteiger partial charge in [-0.05, 0) is 49.3 Å². The number of aliphatic hydroxyl groups excluding tert-OH is 1. The fourth-order valence-electron chi connectivity index (χ4n) is 4.08. The quantitative estimate of drug-likeness (QED) is 0.900. The number of hydrogen-bond donors (Lipinski definition) is 2. The van der Waals surface area contributed by atoms with E-state index >= 15 is 0 Å². The fraction of sp³-hybridized carbons (Fsp3) is 0.474. The molecule has 25 heavy (non-hydrogen) atoms. The molecule has 1 saturated carbocycles. The lowest BCUT2D eigenvalue weighted by molar-refractivity contribution is 0.147. The molecule has 2 N–H and O–H groups in total. The topological polar surface area (TPSA) is 70.4 Å². The predicted molar refractivity (Wildman–Crippen MR) is 95.4 cm³/mol. The second-order valence-corrected chi connectivity index (χ2v) is 7.07. The van der Waals surface area contributed by atoms with Crippen LogP contribution in [-0.4, -0.2) is 39.6 Å². The van der Waals surface area contributed by atoms with Gasteiger partial charge in [-0.15, -0.1) is 0 Å². The summed E-state index contributed by atoms with van der Waals surface area (Å²) in [6.07, 6.45) is 6.66. The van der Waals surface area contributed by atoms with Gasteiger partial charge in [0.2, 0.25) is 0 Å². The molecule has 1 fully saturated rings. The Labute approximate surface area is 147 Å². The van der Waals surface area contributed by atoms with E-state index in [4.69, 9.17) is 0 Å². The number of aromatic nitrogens is 2. The second kappa shape index (κ2) is 6.88. The van der Waals surface area contributed by atoms with E-state index in [9.17, 15) is 9.90 Å². The van der Waals surface area contributed by atoms with Crippen molar-refractivity contribution in [2.45, 2.75) is 44.4 Å². The van der Waals surface area contributed by atoms with Crippen LogP contribution in [0.5, 0.6) is 0 Å². The molecule has 1 aromatic carbocycles. The van der Waals surface area contributed by atoms with Crippen LogP contribution in [0, 0.1) is 5.92 Å². The Balaban J connectivity index is 1.40. The van der Waals surface area contributed by atoms with Gasteiger partial charge in [0.05, 0.1) is 12.1 Å². The lowest BCUT2D eigenvalue weighted by Gasteiger charge is -2.31. The highest BCUT2D eigenvalue weighted by Gasteiger charge is 2.35. The first-order chi connectivity index (χ1) is 12.2. The number of carbonyl (C=O) groups is 1. The van der Waals surface area contributed by atoms with Gasteiger partial charge in [0.15, 0.2) is 0 Å². The largest absolute Gasteiger partial charge is 0.391 e. The van der Waals surface area contributed by atoms with Crippen molar-refractivity contribution >= 4 is 11.7 Å². The number of rotatable bonds is 3. The van der Waals surface area contributed by atoms with E-state index in [1.165, 1.54) is 5.56 Å². The Bertz CT molecular complexity index is 731. The third-order valence-electron chi connectivity index (χ3n) is 5.30. The molecule has 0 radical (unpaired) electrons. The van der Waals surface area contributed by atoms with Crippen LogP contribution in [0.2, 0.25) is 0 Å². The van der Waals surface area contributed by atoms with Gasteiger partial charge in [0, 0.05) is 31.2 Å². The lowest BCUT2D eigenvalue weighted by atomic mass is 10.0. The predicted octanol–water partition coefficient (Wildman–Crippen LogP) is 2.18. The number of aliphatic hydroxyl groups is 1. The van der Waals surface area contributed by atoms with Gasteiger partial charge in [-0.25, -0.2) is 4.79 Å². The maximum Gasteiger partial charge on any atom is 0.322 e. The summed E-state index contributed by atoms with van der Waals surface area (Å²) in [7, 11) is 0. The number of hydrogen-bond acceptors (Lipinski definition) is 3. The molecule has 2 aromatic rings. The van der Waals surface area contributed by atoms with Crippen molar-refractivity contribution in [3.8, 4) is 0 Å². The van der Waals surface area contributed by atoms with Crippen molar-refractivity contribution in [1.82, 2.24) is 15.1 Å². The molecule has 1 unspecified atom stereocenters. The number of nitrogens with zero attached hydrogens (tertiary/aromatic N) is 3. The van der Waals surface area contributed by atoms with Crippen molar-refractivity contribution < 1.29 is 9.90 Å². The van der Waals surface area contributed by atoms with Crippen LogP contribution in [0.25, 0.3) is 0 Å².